The van der Waals surface area contributed by atoms with Crippen molar-refractivity contribution in [2.45, 2.75) is 32.1 Å². The van der Waals surface area contributed by atoms with E-state index in [1.54, 1.807) is 11.0 Å². The maximum absolute atomic E-state index is 12.6. The number of amides is 1. The van der Waals surface area contributed by atoms with Crippen molar-refractivity contribution in [3.63, 3.8) is 0 Å². The van der Waals surface area contributed by atoms with Crippen LogP contribution in [0.15, 0.2) is 53.7 Å². The van der Waals surface area contributed by atoms with Gasteiger partial charge in [0.1, 0.15) is 17.1 Å². The molecule has 32 heavy (non-hydrogen) atoms. The van der Waals surface area contributed by atoms with Crippen LogP contribution in [0.5, 0.6) is 11.5 Å². The molecule has 0 saturated heterocycles. The molecule has 8 heteroatoms. The molecule has 0 bridgehead atoms. The Morgan fingerprint density at radius 3 is 2.66 bits per heavy atom. The average Bonchev–Trinajstić information content (AvgIpc) is 2.77. The van der Waals surface area contributed by atoms with Gasteiger partial charge in [0.25, 0.3) is 5.91 Å². The Bertz CT molecular complexity index is 948. The molecule has 2 aliphatic heterocycles. The second-order valence-electron chi connectivity index (χ2n) is 7.51. The minimum Gasteiger partial charge on any atom is -0.508 e. The molecular formula is C24H28N2O6. The van der Waals surface area contributed by atoms with E-state index in [-0.39, 0.29) is 42.6 Å². The van der Waals surface area contributed by atoms with Gasteiger partial charge in [0.2, 0.25) is 0 Å². The third kappa shape index (κ3) is 6.73. The molecule has 0 saturated carbocycles. The van der Waals surface area contributed by atoms with Crippen LogP contribution in [0.25, 0.3) is 0 Å². The number of esters is 1. The number of carbonyl (C=O) groups is 2. The van der Waals surface area contributed by atoms with Gasteiger partial charge in [0, 0.05) is 25.6 Å². The fourth-order valence-electron chi connectivity index (χ4n) is 3.43. The molecule has 0 spiro atoms. The summed E-state index contributed by atoms with van der Waals surface area (Å²) in [4.78, 5) is 31.9. The molecule has 0 atom stereocenters. The normalized spacial score (nSPS) is 20.7. The summed E-state index contributed by atoms with van der Waals surface area (Å²) in [6.45, 7) is 1.19. The van der Waals surface area contributed by atoms with E-state index in [1.165, 1.54) is 6.07 Å². The summed E-state index contributed by atoms with van der Waals surface area (Å²) >= 11 is 0. The summed E-state index contributed by atoms with van der Waals surface area (Å²) in [5.41, 5.74) is 0.761. The number of nitrogens with zero attached hydrogens (tertiary/aromatic N) is 2. The van der Waals surface area contributed by atoms with Gasteiger partial charge in [0.05, 0.1) is 12.3 Å². The lowest BCUT2D eigenvalue weighted by Gasteiger charge is -2.22. The SMILES string of the molecule is O=C1OCC/C=C/CC/C=C/C(=NOCC(=O)N2CC=CCC2)Cc2cc(O)cc(O)c21. The zero-order valence-corrected chi connectivity index (χ0v) is 17.9. The highest BCUT2D eigenvalue weighted by Gasteiger charge is 2.21. The number of fused-ring (bicyclic) bond motifs is 1. The van der Waals surface area contributed by atoms with Gasteiger partial charge in [-0.1, -0.05) is 35.5 Å². The Morgan fingerprint density at radius 1 is 1.06 bits per heavy atom. The van der Waals surface area contributed by atoms with Crippen LogP contribution in [0.3, 0.4) is 0 Å². The summed E-state index contributed by atoms with van der Waals surface area (Å²) in [5, 5.41) is 24.3. The van der Waals surface area contributed by atoms with E-state index >= 15 is 0 Å². The summed E-state index contributed by atoms with van der Waals surface area (Å²) in [7, 11) is 0. The third-order valence-electron chi connectivity index (χ3n) is 5.03. The standard InChI is InChI=1S/C24H28N2O6/c27-20-15-18-14-19(25-32-17-22(29)26-11-7-5-8-12-26)10-6-3-1-2-4-9-13-31-24(30)23(18)21(28)16-20/h2,4-7,10,15-16,27-28H,1,3,8-9,11-14,17H2/b4-2+,10-6+,25-19?. The Hall–Kier alpha value is -3.55. The quantitative estimate of drug-likeness (QED) is 0.424. The van der Waals surface area contributed by atoms with Gasteiger partial charge in [0.15, 0.2) is 6.61 Å². The Labute approximate surface area is 187 Å². The highest BCUT2D eigenvalue weighted by molar-refractivity contribution is 6.00. The van der Waals surface area contributed by atoms with E-state index in [4.69, 9.17) is 9.57 Å². The molecule has 3 rings (SSSR count). The number of ether oxygens (including phenoxy) is 1. The molecule has 2 heterocycles. The number of cyclic esters (lactones) is 1. The molecule has 0 aliphatic carbocycles. The van der Waals surface area contributed by atoms with Gasteiger partial charge in [-0.2, -0.15) is 0 Å². The van der Waals surface area contributed by atoms with E-state index < -0.39 is 5.97 Å². The number of hydrogen-bond acceptors (Lipinski definition) is 7. The van der Waals surface area contributed by atoms with Gasteiger partial charge in [-0.25, -0.2) is 4.79 Å². The molecule has 2 aliphatic rings. The molecule has 1 amide bonds. The first-order chi connectivity index (χ1) is 15.5. The van der Waals surface area contributed by atoms with Crippen molar-refractivity contribution < 1.29 is 29.4 Å². The maximum atomic E-state index is 12.6. The fourth-order valence-corrected chi connectivity index (χ4v) is 3.43. The van der Waals surface area contributed by atoms with Crippen LogP contribution in [0.2, 0.25) is 0 Å². The Morgan fingerprint density at radius 2 is 1.84 bits per heavy atom. The lowest BCUT2D eigenvalue weighted by Crippen LogP contribution is -2.36. The number of rotatable bonds is 3. The van der Waals surface area contributed by atoms with Crippen molar-refractivity contribution in [1.82, 2.24) is 4.90 Å². The number of phenols is 2. The summed E-state index contributed by atoms with van der Waals surface area (Å²) < 4.78 is 5.27. The minimum absolute atomic E-state index is 0.0267. The van der Waals surface area contributed by atoms with Crippen molar-refractivity contribution in [3.05, 3.63) is 59.7 Å². The highest BCUT2D eigenvalue weighted by atomic mass is 16.6. The third-order valence-corrected chi connectivity index (χ3v) is 5.03. The van der Waals surface area contributed by atoms with Crippen LogP contribution >= 0.6 is 0 Å². The second-order valence-corrected chi connectivity index (χ2v) is 7.51. The highest BCUT2D eigenvalue weighted by Crippen LogP contribution is 2.29. The van der Waals surface area contributed by atoms with Gasteiger partial charge in [-0.15, -0.1) is 0 Å². The average molecular weight is 440 g/mol. The van der Waals surface area contributed by atoms with E-state index in [0.29, 0.717) is 30.8 Å². The zero-order chi connectivity index (χ0) is 22.8. The molecule has 1 aromatic carbocycles. The Balaban J connectivity index is 1.81. The summed E-state index contributed by atoms with van der Waals surface area (Å²) in [6.07, 6.45) is 14.7. The molecule has 170 valence electrons. The topological polar surface area (TPSA) is 109 Å². The summed E-state index contributed by atoms with van der Waals surface area (Å²) in [5.74, 6) is -1.39. The number of benzene rings is 1. The molecule has 2 N–H and O–H groups in total. The first-order valence-corrected chi connectivity index (χ1v) is 10.7. The number of carbonyl (C=O) groups excluding carboxylic acids is 2. The molecule has 0 radical (unpaired) electrons. The van der Waals surface area contributed by atoms with Crippen LogP contribution in [-0.2, 0) is 20.8 Å². The first kappa shape index (κ1) is 23.1. The van der Waals surface area contributed by atoms with E-state index in [1.807, 2.05) is 30.4 Å². The lowest BCUT2D eigenvalue weighted by atomic mass is 10.00. The molecule has 1 aromatic rings. The zero-order valence-electron chi connectivity index (χ0n) is 17.9. The smallest absolute Gasteiger partial charge is 0.342 e. The monoisotopic (exact) mass is 440 g/mol. The van der Waals surface area contributed by atoms with Crippen molar-refractivity contribution in [2.24, 2.45) is 5.16 Å². The van der Waals surface area contributed by atoms with Gasteiger partial charge in [-0.05, 0) is 43.4 Å². The molecule has 0 fully saturated rings. The van der Waals surface area contributed by atoms with Crippen LogP contribution in [0.4, 0.5) is 0 Å². The van der Waals surface area contributed by atoms with E-state index in [2.05, 4.69) is 5.16 Å². The number of allylic oxidation sites excluding steroid dienone is 3. The molecule has 0 unspecified atom stereocenters. The van der Waals surface area contributed by atoms with Crippen LogP contribution in [-0.4, -0.2) is 59.0 Å². The lowest BCUT2D eigenvalue weighted by molar-refractivity contribution is -0.135. The molecule has 8 nitrogen and oxygen atoms in total. The fraction of sp³-hybridized carbons (Fsp3) is 0.375. The first-order valence-electron chi connectivity index (χ1n) is 10.7. The van der Waals surface area contributed by atoms with Gasteiger partial charge < -0.3 is 24.7 Å². The number of aromatic hydroxyl groups is 2. The second kappa shape index (κ2) is 11.7. The largest absolute Gasteiger partial charge is 0.508 e. The van der Waals surface area contributed by atoms with E-state index in [9.17, 15) is 19.8 Å². The molecular weight excluding hydrogens is 412 g/mol. The van der Waals surface area contributed by atoms with E-state index in [0.717, 1.165) is 25.3 Å². The summed E-state index contributed by atoms with van der Waals surface area (Å²) in [6, 6.07) is 2.48. The van der Waals surface area contributed by atoms with Crippen LogP contribution in [0, 0.1) is 0 Å². The maximum Gasteiger partial charge on any atom is 0.342 e. The number of phenolic OH excluding ortho intramolecular Hbond substituents is 2. The van der Waals surface area contributed by atoms with Crippen molar-refractivity contribution >= 4 is 17.6 Å². The minimum atomic E-state index is -0.680. The number of oxime groups is 1. The van der Waals surface area contributed by atoms with Gasteiger partial charge in [-0.3, -0.25) is 4.79 Å². The van der Waals surface area contributed by atoms with Crippen LogP contribution < -0.4 is 0 Å². The van der Waals surface area contributed by atoms with Crippen molar-refractivity contribution in [3.8, 4) is 11.5 Å². The predicted molar refractivity (Wildman–Crippen MR) is 120 cm³/mol. The van der Waals surface area contributed by atoms with Crippen LogP contribution in [0.1, 0.15) is 41.6 Å². The predicted octanol–water partition coefficient (Wildman–Crippen LogP) is 3.25. The van der Waals surface area contributed by atoms with Crippen molar-refractivity contribution in [1.29, 1.82) is 0 Å². The number of hydrogen-bond donors (Lipinski definition) is 2. The van der Waals surface area contributed by atoms with Crippen molar-refractivity contribution in [2.75, 3.05) is 26.3 Å². The molecule has 0 aromatic heterocycles. The van der Waals surface area contributed by atoms with Gasteiger partial charge >= 0.3 is 5.97 Å². The Kier molecular flexibility index (Phi) is 8.48.